The van der Waals surface area contributed by atoms with E-state index in [1.165, 1.54) is 12.3 Å². The number of pyridine rings is 1. The summed E-state index contributed by atoms with van der Waals surface area (Å²) in [6, 6.07) is 3.25. The Labute approximate surface area is 110 Å². The standard InChI is InChI=1S/C13H15N3O3/c17-12(18)5-4-9-6-7-14-11(8-9)16-13(19)15-10-2-1-3-10/h4-8,10H,1-3H2,(H,17,18)(H2,14,15,16,19)/b5-4+. The fourth-order valence-corrected chi connectivity index (χ4v) is 1.68. The monoisotopic (exact) mass is 261 g/mol. The van der Waals surface area contributed by atoms with Crippen LogP contribution in [0.1, 0.15) is 24.8 Å². The van der Waals surface area contributed by atoms with Crippen LogP contribution in [0.2, 0.25) is 0 Å². The van der Waals surface area contributed by atoms with Gasteiger partial charge in [0.05, 0.1) is 0 Å². The first-order valence-corrected chi connectivity index (χ1v) is 6.08. The van der Waals surface area contributed by atoms with Crippen molar-refractivity contribution < 1.29 is 14.7 Å². The molecule has 2 amide bonds. The van der Waals surface area contributed by atoms with Crippen molar-refractivity contribution in [3.05, 3.63) is 30.0 Å². The van der Waals surface area contributed by atoms with Crippen molar-refractivity contribution >= 4 is 23.9 Å². The molecule has 1 saturated carbocycles. The Bertz CT molecular complexity index is 510. The lowest BCUT2D eigenvalue weighted by atomic mass is 9.93. The molecule has 0 atom stereocenters. The maximum atomic E-state index is 11.6. The molecule has 1 fully saturated rings. The van der Waals surface area contributed by atoms with Gasteiger partial charge in [0.2, 0.25) is 0 Å². The zero-order valence-electron chi connectivity index (χ0n) is 10.3. The van der Waals surface area contributed by atoms with Gasteiger partial charge in [-0.3, -0.25) is 5.32 Å². The van der Waals surface area contributed by atoms with Crippen LogP contribution in [0.15, 0.2) is 24.4 Å². The molecule has 3 N–H and O–H groups in total. The summed E-state index contributed by atoms with van der Waals surface area (Å²) in [6.45, 7) is 0. The van der Waals surface area contributed by atoms with Gasteiger partial charge in [0.1, 0.15) is 5.82 Å². The van der Waals surface area contributed by atoms with Crippen LogP contribution in [0.3, 0.4) is 0 Å². The number of urea groups is 1. The molecule has 6 nitrogen and oxygen atoms in total. The third-order valence-corrected chi connectivity index (χ3v) is 2.88. The average Bonchev–Trinajstić information content (AvgIpc) is 2.32. The number of nitrogens with zero attached hydrogens (tertiary/aromatic N) is 1. The molecule has 1 heterocycles. The van der Waals surface area contributed by atoms with Crippen molar-refractivity contribution in [1.82, 2.24) is 10.3 Å². The van der Waals surface area contributed by atoms with Gasteiger partial charge in [-0.1, -0.05) is 0 Å². The van der Waals surface area contributed by atoms with E-state index in [-0.39, 0.29) is 12.1 Å². The first-order valence-electron chi connectivity index (χ1n) is 6.08. The Morgan fingerprint density at radius 1 is 1.42 bits per heavy atom. The van der Waals surface area contributed by atoms with Crippen LogP contribution in [0.25, 0.3) is 6.08 Å². The van der Waals surface area contributed by atoms with Crippen LogP contribution in [0.4, 0.5) is 10.6 Å². The molecule has 19 heavy (non-hydrogen) atoms. The number of carbonyl (C=O) groups is 2. The Hall–Kier alpha value is -2.37. The van der Waals surface area contributed by atoms with Crippen LogP contribution in [-0.2, 0) is 4.79 Å². The average molecular weight is 261 g/mol. The van der Waals surface area contributed by atoms with E-state index in [9.17, 15) is 9.59 Å². The van der Waals surface area contributed by atoms with E-state index in [0.29, 0.717) is 11.4 Å². The van der Waals surface area contributed by atoms with E-state index in [2.05, 4.69) is 15.6 Å². The molecule has 100 valence electrons. The van der Waals surface area contributed by atoms with Crippen LogP contribution in [0.5, 0.6) is 0 Å². The van der Waals surface area contributed by atoms with E-state index in [1.807, 2.05) is 0 Å². The van der Waals surface area contributed by atoms with Gasteiger partial charge in [-0.2, -0.15) is 0 Å². The molecule has 2 rings (SSSR count). The number of anilines is 1. The first-order chi connectivity index (χ1) is 9.13. The number of hydrogen-bond donors (Lipinski definition) is 3. The summed E-state index contributed by atoms with van der Waals surface area (Å²) in [5.74, 6) is -0.626. The summed E-state index contributed by atoms with van der Waals surface area (Å²) in [5, 5.41) is 14.0. The quantitative estimate of drug-likeness (QED) is 0.721. The predicted molar refractivity (Wildman–Crippen MR) is 70.7 cm³/mol. The van der Waals surface area contributed by atoms with Crippen molar-refractivity contribution in [3.8, 4) is 0 Å². The molecule has 6 heteroatoms. The van der Waals surface area contributed by atoms with Crippen LogP contribution in [0, 0.1) is 0 Å². The van der Waals surface area contributed by atoms with Gasteiger partial charge in [0, 0.05) is 18.3 Å². The Kier molecular flexibility index (Phi) is 4.12. The molecule has 0 unspecified atom stereocenters. The van der Waals surface area contributed by atoms with Crippen molar-refractivity contribution in [3.63, 3.8) is 0 Å². The minimum Gasteiger partial charge on any atom is -0.478 e. The van der Waals surface area contributed by atoms with Crippen molar-refractivity contribution in [2.24, 2.45) is 0 Å². The number of carbonyl (C=O) groups excluding carboxylic acids is 1. The molecule has 0 aromatic carbocycles. The van der Waals surface area contributed by atoms with Crippen molar-refractivity contribution in [2.45, 2.75) is 25.3 Å². The minimum absolute atomic E-state index is 0.259. The summed E-state index contributed by atoms with van der Waals surface area (Å²) < 4.78 is 0. The van der Waals surface area contributed by atoms with E-state index in [4.69, 9.17) is 5.11 Å². The Morgan fingerprint density at radius 2 is 2.21 bits per heavy atom. The maximum absolute atomic E-state index is 11.6. The van der Waals surface area contributed by atoms with Gasteiger partial charge < -0.3 is 10.4 Å². The lowest BCUT2D eigenvalue weighted by Crippen LogP contribution is -2.41. The van der Waals surface area contributed by atoms with Crippen LogP contribution in [-0.4, -0.2) is 28.1 Å². The zero-order chi connectivity index (χ0) is 13.7. The largest absolute Gasteiger partial charge is 0.478 e. The highest BCUT2D eigenvalue weighted by Gasteiger charge is 2.19. The molecule has 0 bridgehead atoms. The molecule has 1 aromatic rings. The van der Waals surface area contributed by atoms with Gasteiger partial charge in [0.15, 0.2) is 0 Å². The lowest BCUT2D eigenvalue weighted by Gasteiger charge is -2.26. The van der Waals surface area contributed by atoms with E-state index >= 15 is 0 Å². The summed E-state index contributed by atoms with van der Waals surface area (Å²) >= 11 is 0. The number of aromatic nitrogens is 1. The fourth-order valence-electron chi connectivity index (χ4n) is 1.68. The number of nitrogens with one attached hydrogen (secondary N) is 2. The Balaban J connectivity index is 1.94. The van der Waals surface area contributed by atoms with E-state index in [1.54, 1.807) is 12.1 Å². The Morgan fingerprint density at radius 3 is 2.84 bits per heavy atom. The summed E-state index contributed by atoms with van der Waals surface area (Å²) in [7, 11) is 0. The highest BCUT2D eigenvalue weighted by atomic mass is 16.4. The van der Waals surface area contributed by atoms with Gasteiger partial charge in [-0.25, -0.2) is 14.6 Å². The summed E-state index contributed by atoms with van der Waals surface area (Å²) in [5.41, 5.74) is 0.663. The molecule has 1 aliphatic rings. The third-order valence-electron chi connectivity index (χ3n) is 2.88. The van der Waals surface area contributed by atoms with Gasteiger partial charge in [0.25, 0.3) is 0 Å². The molecule has 0 spiro atoms. The highest BCUT2D eigenvalue weighted by Crippen LogP contribution is 2.18. The number of amides is 2. The number of carboxylic acids is 1. The normalized spacial score (nSPS) is 14.9. The highest BCUT2D eigenvalue weighted by molar-refractivity contribution is 5.89. The number of aliphatic carboxylic acids is 1. The zero-order valence-corrected chi connectivity index (χ0v) is 10.3. The fraction of sp³-hybridized carbons (Fsp3) is 0.308. The topological polar surface area (TPSA) is 91.3 Å². The molecular weight excluding hydrogens is 246 g/mol. The summed E-state index contributed by atoms with van der Waals surface area (Å²) in [6.07, 6.45) is 7.18. The smallest absolute Gasteiger partial charge is 0.328 e. The van der Waals surface area contributed by atoms with E-state index in [0.717, 1.165) is 25.3 Å². The molecule has 0 saturated heterocycles. The number of hydrogen-bond acceptors (Lipinski definition) is 3. The molecule has 0 radical (unpaired) electrons. The second-order valence-corrected chi connectivity index (χ2v) is 4.37. The van der Waals surface area contributed by atoms with Gasteiger partial charge in [-0.15, -0.1) is 0 Å². The molecule has 0 aliphatic heterocycles. The number of carboxylic acid groups (broad SMARTS) is 1. The van der Waals surface area contributed by atoms with Crippen LogP contribution >= 0.6 is 0 Å². The predicted octanol–water partition coefficient (Wildman–Crippen LogP) is 1.85. The third kappa shape index (κ3) is 4.09. The van der Waals surface area contributed by atoms with Gasteiger partial charge >= 0.3 is 12.0 Å². The van der Waals surface area contributed by atoms with Crippen LogP contribution < -0.4 is 10.6 Å². The second kappa shape index (κ2) is 5.99. The van der Waals surface area contributed by atoms with Crippen molar-refractivity contribution in [2.75, 3.05) is 5.32 Å². The molecule has 1 aromatic heterocycles. The van der Waals surface area contributed by atoms with Crippen molar-refractivity contribution in [1.29, 1.82) is 0 Å². The maximum Gasteiger partial charge on any atom is 0.328 e. The summed E-state index contributed by atoms with van der Waals surface area (Å²) in [4.78, 5) is 26.0. The lowest BCUT2D eigenvalue weighted by molar-refractivity contribution is -0.131. The SMILES string of the molecule is O=C(O)/C=C/c1ccnc(NC(=O)NC2CCC2)c1. The molecular formula is C13H15N3O3. The second-order valence-electron chi connectivity index (χ2n) is 4.37. The number of rotatable bonds is 4. The van der Waals surface area contributed by atoms with E-state index < -0.39 is 5.97 Å². The van der Waals surface area contributed by atoms with Gasteiger partial charge in [-0.05, 0) is 43.0 Å². The first kappa shape index (κ1) is 13.1. The molecule has 1 aliphatic carbocycles. The minimum atomic E-state index is -1.02.